The first-order valence-electron chi connectivity index (χ1n) is 7.07. The topological polar surface area (TPSA) is 64.1 Å². The van der Waals surface area contributed by atoms with Gasteiger partial charge in [0.05, 0.1) is 0 Å². The van der Waals surface area contributed by atoms with Crippen LogP contribution in [0.15, 0.2) is 0 Å². The summed E-state index contributed by atoms with van der Waals surface area (Å²) in [6, 6.07) is -0.194. The second kappa shape index (κ2) is 6.43. The van der Waals surface area contributed by atoms with Crippen molar-refractivity contribution in [2.75, 3.05) is 40.8 Å². The maximum Gasteiger partial charge on any atom is 0.329 e. The zero-order valence-corrected chi connectivity index (χ0v) is 13.2. The second-order valence-corrected chi connectivity index (χ2v) is 6.40. The Hall–Kier alpha value is -1.30. The highest BCUT2D eigenvalue weighted by Crippen LogP contribution is 2.21. The van der Waals surface area contributed by atoms with Crippen molar-refractivity contribution in [2.24, 2.45) is 5.92 Å². The summed E-state index contributed by atoms with van der Waals surface area (Å²) in [6.07, 6.45) is 1.95. The Morgan fingerprint density at radius 3 is 2.10 bits per heavy atom. The van der Waals surface area contributed by atoms with E-state index in [-0.39, 0.29) is 6.03 Å². The minimum absolute atomic E-state index is 0.194. The van der Waals surface area contributed by atoms with Gasteiger partial charge in [0.25, 0.3) is 0 Å². The third-order valence-corrected chi connectivity index (χ3v) is 4.16. The number of likely N-dealkylation sites (tertiary alicyclic amines) is 1. The standard InChI is InChI=1S/C14H27N3O3/c1-14(2,12(18)19)16(5)13(20)17-8-6-11(7-9-17)10-15(3)4/h11H,6-10H2,1-5H3,(H,18,19). The molecule has 2 amide bonds. The molecule has 1 rings (SSSR count). The molecule has 0 bridgehead atoms. The first-order valence-corrected chi connectivity index (χ1v) is 7.07. The van der Waals surface area contributed by atoms with Gasteiger partial charge < -0.3 is 19.8 Å². The van der Waals surface area contributed by atoms with Gasteiger partial charge in [0.1, 0.15) is 5.54 Å². The predicted octanol–water partition coefficient (Wildman–Crippen LogP) is 1.17. The number of aliphatic carboxylic acids is 1. The molecule has 0 saturated carbocycles. The second-order valence-electron chi connectivity index (χ2n) is 6.40. The highest BCUT2D eigenvalue weighted by Gasteiger charge is 2.37. The van der Waals surface area contributed by atoms with E-state index in [9.17, 15) is 14.7 Å². The van der Waals surface area contributed by atoms with Crippen LogP contribution in [-0.2, 0) is 4.79 Å². The number of carbonyl (C=O) groups is 2. The molecule has 1 N–H and O–H groups in total. The molecular weight excluding hydrogens is 258 g/mol. The van der Waals surface area contributed by atoms with Crippen LogP contribution in [0.1, 0.15) is 26.7 Å². The van der Waals surface area contributed by atoms with Crippen LogP contribution < -0.4 is 0 Å². The molecule has 0 spiro atoms. The molecule has 1 aliphatic heterocycles. The quantitative estimate of drug-likeness (QED) is 0.842. The van der Waals surface area contributed by atoms with Crippen molar-refractivity contribution in [3.05, 3.63) is 0 Å². The van der Waals surface area contributed by atoms with E-state index in [1.807, 2.05) is 0 Å². The average molecular weight is 285 g/mol. The van der Waals surface area contributed by atoms with E-state index in [0.29, 0.717) is 19.0 Å². The van der Waals surface area contributed by atoms with E-state index in [1.165, 1.54) is 4.90 Å². The van der Waals surface area contributed by atoms with Crippen LogP contribution in [0.3, 0.4) is 0 Å². The predicted molar refractivity (Wildman–Crippen MR) is 77.7 cm³/mol. The van der Waals surface area contributed by atoms with Gasteiger partial charge in [-0.2, -0.15) is 0 Å². The normalized spacial score (nSPS) is 17.4. The Balaban J connectivity index is 2.57. The molecular formula is C14H27N3O3. The summed E-state index contributed by atoms with van der Waals surface area (Å²) >= 11 is 0. The zero-order valence-electron chi connectivity index (χ0n) is 13.2. The van der Waals surface area contributed by atoms with Gasteiger partial charge in [-0.15, -0.1) is 0 Å². The first kappa shape index (κ1) is 16.8. The number of hydrogen-bond acceptors (Lipinski definition) is 3. The van der Waals surface area contributed by atoms with Gasteiger partial charge in [-0.3, -0.25) is 0 Å². The van der Waals surface area contributed by atoms with Gasteiger partial charge >= 0.3 is 12.0 Å². The maximum atomic E-state index is 12.4. The van der Waals surface area contributed by atoms with Crippen molar-refractivity contribution in [3.63, 3.8) is 0 Å². The molecule has 6 nitrogen and oxygen atoms in total. The van der Waals surface area contributed by atoms with E-state index >= 15 is 0 Å². The summed E-state index contributed by atoms with van der Waals surface area (Å²) in [5.41, 5.74) is -1.18. The number of urea groups is 1. The van der Waals surface area contributed by atoms with E-state index in [1.54, 1.807) is 25.8 Å². The van der Waals surface area contributed by atoms with Gasteiger partial charge in [-0.1, -0.05) is 0 Å². The summed E-state index contributed by atoms with van der Waals surface area (Å²) in [7, 11) is 5.67. The largest absolute Gasteiger partial charge is 0.480 e. The van der Waals surface area contributed by atoms with Gasteiger partial charge in [0.15, 0.2) is 0 Å². The molecule has 116 valence electrons. The minimum Gasteiger partial charge on any atom is -0.480 e. The van der Waals surface area contributed by atoms with Crippen LogP contribution in [0.25, 0.3) is 0 Å². The van der Waals surface area contributed by atoms with Crippen LogP contribution in [0.2, 0.25) is 0 Å². The SMILES string of the molecule is CN(C)CC1CCN(C(=O)N(C)C(C)(C)C(=O)O)CC1. The van der Waals surface area contributed by atoms with Crippen LogP contribution in [-0.4, -0.2) is 78.1 Å². The molecule has 6 heteroatoms. The molecule has 1 heterocycles. The lowest BCUT2D eigenvalue weighted by atomic mass is 9.96. The van der Waals surface area contributed by atoms with E-state index in [2.05, 4.69) is 19.0 Å². The fraction of sp³-hybridized carbons (Fsp3) is 0.857. The lowest BCUT2D eigenvalue weighted by Gasteiger charge is -2.39. The number of carboxylic acid groups (broad SMARTS) is 1. The zero-order chi connectivity index (χ0) is 15.5. The summed E-state index contributed by atoms with van der Waals surface area (Å²) in [5.74, 6) is -0.373. The lowest BCUT2D eigenvalue weighted by Crippen LogP contribution is -2.56. The molecule has 0 aromatic carbocycles. The Kier molecular flexibility index (Phi) is 5.39. The van der Waals surface area contributed by atoms with Crippen LogP contribution in [0, 0.1) is 5.92 Å². The van der Waals surface area contributed by atoms with Crippen molar-refractivity contribution in [1.29, 1.82) is 0 Å². The maximum absolute atomic E-state index is 12.4. The van der Waals surface area contributed by atoms with Gasteiger partial charge in [-0.05, 0) is 46.7 Å². The molecule has 0 atom stereocenters. The lowest BCUT2D eigenvalue weighted by molar-refractivity contribution is -0.147. The monoisotopic (exact) mass is 285 g/mol. The molecule has 1 aliphatic rings. The van der Waals surface area contributed by atoms with Crippen LogP contribution >= 0.6 is 0 Å². The van der Waals surface area contributed by atoms with Crippen LogP contribution in [0.5, 0.6) is 0 Å². The number of rotatable bonds is 4. The molecule has 20 heavy (non-hydrogen) atoms. The first-order chi connectivity index (χ1) is 9.16. The number of likely N-dealkylation sites (N-methyl/N-ethyl adjacent to an activating group) is 1. The van der Waals surface area contributed by atoms with Crippen molar-refractivity contribution in [3.8, 4) is 0 Å². The molecule has 0 radical (unpaired) electrons. The van der Waals surface area contributed by atoms with Crippen molar-refractivity contribution >= 4 is 12.0 Å². The summed E-state index contributed by atoms with van der Waals surface area (Å²) in [6.45, 7) is 5.55. The number of amides is 2. The molecule has 0 unspecified atom stereocenters. The van der Waals surface area contributed by atoms with Crippen molar-refractivity contribution in [1.82, 2.24) is 14.7 Å². The third-order valence-electron chi connectivity index (χ3n) is 4.16. The number of carbonyl (C=O) groups excluding carboxylic acids is 1. The van der Waals surface area contributed by atoms with E-state index in [0.717, 1.165) is 19.4 Å². The van der Waals surface area contributed by atoms with Gasteiger partial charge in [0, 0.05) is 26.7 Å². The van der Waals surface area contributed by atoms with Gasteiger partial charge in [-0.25, -0.2) is 9.59 Å². The molecule has 1 fully saturated rings. The van der Waals surface area contributed by atoms with Crippen molar-refractivity contribution in [2.45, 2.75) is 32.2 Å². The summed E-state index contributed by atoms with van der Waals surface area (Å²) in [5, 5.41) is 9.18. The highest BCUT2D eigenvalue weighted by molar-refractivity contribution is 5.85. The Morgan fingerprint density at radius 1 is 1.20 bits per heavy atom. The van der Waals surface area contributed by atoms with E-state index < -0.39 is 11.5 Å². The number of hydrogen-bond donors (Lipinski definition) is 1. The summed E-state index contributed by atoms with van der Waals surface area (Å²) < 4.78 is 0. The number of piperidine rings is 1. The number of carboxylic acids is 1. The molecule has 0 aromatic heterocycles. The number of nitrogens with zero attached hydrogens (tertiary/aromatic N) is 3. The Bertz CT molecular complexity index is 361. The Morgan fingerprint density at radius 2 is 1.70 bits per heavy atom. The third kappa shape index (κ3) is 3.85. The van der Waals surface area contributed by atoms with E-state index in [4.69, 9.17) is 0 Å². The molecule has 0 aromatic rings. The molecule has 0 aliphatic carbocycles. The minimum atomic E-state index is -1.18. The Labute approximate surface area is 121 Å². The fourth-order valence-electron chi connectivity index (χ4n) is 2.42. The fourth-order valence-corrected chi connectivity index (χ4v) is 2.42. The smallest absolute Gasteiger partial charge is 0.329 e. The average Bonchev–Trinajstić information content (AvgIpc) is 2.37. The van der Waals surface area contributed by atoms with Crippen molar-refractivity contribution < 1.29 is 14.7 Å². The summed E-state index contributed by atoms with van der Waals surface area (Å²) in [4.78, 5) is 28.8. The van der Waals surface area contributed by atoms with Crippen LogP contribution in [0.4, 0.5) is 4.79 Å². The molecule has 1 saturated heterocycles. The van der Waals surface area contributed by atoms with Gasteiger partial charge in [0.2, 0.25) is 0 Å². The highest BCUT2D eigenvalue weighted by atomic mass is 16.4.